The molecule has 1 unspecified atom stereocenters. The number of nitrogens with zero attached hydrogens (tertiary/aromatic N) is 4. The molecule has 0 aliphatic rings. The molecular weight excluding hydrogens is 537 g/mol. The average Bonchev–Trinajstić information content (AvgIpc) is 2.86. The number of amides is 1. The first kappa shape index (κ1) is 25.2. The Morgan fingerprint density at radius 2 is 1.81 bits per heavy atom. The number of hydrogen-bond donors (Lipinski definition) is 2. The van der Waals surface area contributed by atoms with Crippen molar-refractivity contribution in [2.45, 2.75) is 24.9 Å². The van der Waals surface area contributed by atoms with Gasteiger partial charge in [-0.2, -0.15) is 13.2 Å². The number of benzene rings is 2. The lowest BCUT2D eigenvalue weighted by Crippen LogP contribution is -2.16. The molecule has 7 nitrogen and oxygen atoms in total. The smallest absolute Gasteiger partial charge is 0.324 e. The van der Waals surface area contributed by atoms with Crippen molar-refractivity contribution in [2.24, 2.45) is 0 Å². The van der Waals surface area contributed by atoms with Crippen molar-refractivity contribution < 1.29 is 18.0 Å². The fraction of sp³-hybridized carbons (Fsp3) is 0.160. The summed E-state index contributed by atoms with van der Waals surface area (Å²) < 4.78 is 40.6. The molecule has 2 aromatic carbocycles. The van der Waals surface area contributed by atoms with Gasteiger partial charge in [-0.25, -0.2) is 19.9 Å². The molecule has 0 bridgehead atoms. The van der Waals surface area contributed by atoms with E-state index >= 15 is 0 Å². The minimum absolute atomic E-state index is 0.0603. The summed E-state index contributed by atoms with van der Waals surface area (Å²) in [5.74, 6) is -0.344. The number of aromatic nitrogens is 4. The van der Waals surface area contributed by atoms with E-state index < -0.39 is 22.5 Å². The van der Waals surface area contributed by atoms with Gasteiger partial charge >= 0.3 is 6.18 Å². The van der Waals surface area contributed by atoms with Crippen LogP contribution >= 0.6 is 15.9 Å². The Bertz CT molecular complexity index is 1400. The minimum Gasteiger partial charge on any atom is -0.324 e. The average molecular weight is 557 g/mol. The lowest BCUT2D eigenvalue weighted by atomic mass is 10.0. The fourth-order valence-electron chi connectivity index (χ4n) is 3.46. The van der Waals surface area contributed by atoms with Crippen LogP contribution in [0.4, 0.5) is 30.5 Å². The van der Waals surface area contributed by atoms with E-state index in [2.05, 4.69) is 46.5 Å². The Morgan fingerprint density at radius 3 is 2.50 bits per heavy atom. The Morgan fingerprint density at radius 1 is 1.06 bits per heavy atom. The van der Waals surface area contributed by atoms with Crippen LogP contribution in [0.1, 0.15) is 38.8 Å². The normalized spacial score (nSPS) is 12.2. The van der Waals surface area contributed by atoms with Crippen molar-refractivity contribution >= 4 is 39.2 Å². The van der Waals surface area contributed by atoms with Gasteiger partial charge in [-0.15, -0.1) is 0 Å². The fourth-order valence-corrected chi connectivity index (χ4v) is 3.86. The van der Waals surface area contributed by atoms with Crippen LogP contribution < -0.4 is 10.6 Å². The highest BCUT2D eigenvalue weighted by molar-refractivity contribution is 9.09. The molecule has 0 aliphatic heterocycles. The number of hydrogen-bond acceptors (Lipinski definition) is 6. The standard InChI is InChI=1S/C25H20BrF3N6O/c1-14-3-5-18(33-23(36)16-4-6-19(15(2)26)20(9-16)25(27,28)29)10-22(14)35-24-32-8-7-21(34-24)17-11-30-13-31-12-17/h3-13,15H,1-2H3,(H,33,36)(H,32,34,35). The van der Waals surface area contributed by atoms with Crippen LogP contribution in [0.5, 0.6) is 0 Å². The largest absolute Gasteiger partial charge is 0.416 e. The van der Waals surface area contributed by atoms with Crippen molar-refractivity contribution in [1.82, 2.24) is 19.9 Å². The first-order valence-electron chi connectivity index (χ1n) is 10.7. The van der Waals surface area contributed by atoms with E-state index in [1.807, 2.05) is 6.92 Å². The molecule has 0 aliphatic carbocycles. The van der Waals surface area contributed by atoms with Gasteiger partial charge in [0.1, 0.15) is 6.33 Å². The Kier molecular flexibility index (Phi) is 7.30. The molecule has 0 spiro atoms. The van der Waals surface area contributed by atoms with Crippen molar-refractivity contribution in [3.8, 4) is 11.3 Å². The molecule has 2 aromatic heterocycles. The first-order valence-corrected chi connectivity index (χ1v) is 11.7. The maximum atomic E-state index is 13.5. The lowest BCUT2D eigenvalue weighted by Gasteiger charge is -2.16. The highest BCUT2D eigenvalue weighted by atomic mass is 79.9. The van der Waals surface area contributed by atoms with Gasteiger partial charge in [-0.1, -0.05) is 28.1 Å². The number of carbonyl (C=O) groups is 1. The second kappa shape index (κ2) is 10.4. The maximum Gasteiger partial charge on any atom is 0.416 e. The van der Waals surface area contributed by atoms with Gasteiger partial charge in [-0.05, 0) is 55.3 Å². The molecule has 1 amide bonds. The summed E-state index contributed by atoms with van der Waals surface area (Å²) in [7, 11) is 0. The molecule has 2 heterocycles. The Balaban J connectivity index is 1.56. The van der Waals surface area contributed by atoms with Crippen LogP contribution in [0.25, 0.3) is 11.3 Å². The molecule has 0 saturated carbocycles. The number of aryl methyl sites for hydroxylation is 1. The topological polar surface area (TPSA) is 92.7 Å². The van der Waals surface area contributed by atoms with E-state index in [0.29, 0.717) is 23.0 Å². The predicted molar refractivity (Wildman–Crippen MR) is 134 cm³/mol. The maximum absolute atomic E-state index is 13.5. The Hall–Kier alpha value is -3.86. The third-order valence-corrected chi connectivity index (χ3v) is 5.80. The molecule has 4 aromatic rings. The van der Waals surface area contributed by atoms with E-state index in [1.54, 1.807) is 49.8 Å². The third-order valence-electron chi connectivity index (χ3n) is 5.30. The quantitative estimate of drug-likeness (QED) is 0.256. The van der Waals surface area contributed by atoms with Crippen molar-refractivity contribution in [3.63, 3.8) is 0 Å². The van der Waals surface area contributed by atoms with Crippen molar-refractivity contribution in [3.05, 3.63) is 89.6 Å². The third kappa shape index (κ3) is 5.85. The van der Waals surface area contributed by atoms with E-state index in [1.165, 1.54) is 18.5 Å². The molecule has 11 heteroatoms. The zero-order valence-electron chi connectivity index (χ0n) is 19.1. The second-order valence-corrected chi connectivity index (χ2v) is 9.29. The molecule has 2 N–H and O–H groups in total. The summed E-state index contributed by atoms with van der Waals surface area (Å²) in [6, 6.07) is 10.4. The summed E-state index contributed by atoms with van der Waals surface area (Å²) in [6.07, 6.45) is 1.70. The van der Waals surface area contributed by atoms with Crippen LogP contribution in [0, 0.1) is 6.92 Å². The summed E-state index contributed by atoms with van der Waals surface area (Å²) >= 11 is 3.18. The molecular formula is C25H20BrF3N6O. The number of alkyl halides is 4. The molecule has 36 heavy (non-hydrogen) atoms. The van der Waals surface area contributed by atoms with E-state index in [4.69, 9.17) is 0 Å². The number of halogens is 4. The van der Waals surface area contributed by atoms with Crippen LogP contribution in [-0.4, -0.2) is 25.8 Å². The SMILES string of the molecule is Cc1ccc(NC(=O)c2ccc(C(C)Br)c(C(F)(F)F)c2)cc1Nc1nccc(-c2cncnc2)n1. The summed E-state index contributed by atoms with van der Waals surface area (Å²) in [5, 5.41) is 5.78. The number of rotatable bonds is 6. The summed E-state index contributed by atoms with van der Waals surface area (Å²) in [6.45, 7) is 3.46. The molecule has 4 rings (SSSR count). The zero-order chi connectivity index (χ0) is 25.9. The molecule has 0 fully saturated rings. The van der Waals surface area contributed by atoms with Gasteiger partial charge in [0, 0.05) is 45.9 Å². The monoisotopic (exact) mass is 556 g/mol. The number of anilines is 3. The van der Waals surface area contributed by atoms with Crippen LogP contribution in [0.2, 0.25) is 0 Å². The van der Waals surface area contributed by atoms with E-state index in [0.717, 1.165) is 17.2 Å². The Labute approximate surface area is 213 Å². The van der Waals surface area contributed by atoms with Gasteiger partial charge < -0.3 is 10.6 Å². The van der Waals surface area contributed by atoms with Crippen LogP contribution in [-0.2, 0) is 6.18 Å². The summed E-state index contributed by atoms with van der Waals surface area (Å²) in [4.78, 5) is 28.9. The number of carbonyl (C=O) groups excluding carboxylic acids is 1. The van der Waals surface area contributed by atoms with Crippen molar-refractivity contribution in [2.75, 3.05) is 10.6 Å². The molecule has 184 valence electrons. The van der Waals surface area contributed by atoms with E-state index in [9.17, 15) is 18.0 Å². The first-order chi connectivity index (χ1) is 17.1. The molecule has 0 radical (unpaired) electrons. The minimum atomic E-state index is -4.59. The molecule has 1 atom stereocenters. The van der Waals surface area contributed by atoms with E-state index in [-0.39, 0.29) is 11.1 Å². The highest BCUT2D eigenvalue weighted by Crippen LogP contribution is 2.38. The zero-order valence-corrected chi connectivity index (χ0v) is 20.7. The number of nitrogens with one attached hydrogen (secondary N) is 2. The predicted octanol–water partition coefficient (Wildman–Crippen LogP) is 6.71. The second-order valence-electron chi connectivity index (χ2n) is 7.92. The van der Waals surface area contributed by atoms with Gasteiger partial charge in [0.15, 0.2) is 0 Å². The van der Waals surface area contributed by atoms with Crippen LogP contribution in [0.3, 0.4) is 0 Å². The summed E-state index contributed by atoms with van der Waals surface area (Å²) in [5.41, 5.74) is 2.31. The molecule has 0 saturated heterocycles. The van der Waals surface area contributed by atoms with Crippen LogP contribution in [0.15, 0.2) is 67.4 Å². The van der Waals surface area contributed by atoms with Gasteiger partial charge in [0.25, 0.3) is 5.91 Å². The van der Waals surface area contributed by atoms with Crippen molar-refractivity contribution in [1.29, 1.82) is 0 Å². The van der Waals surface area contributed by atoms with Gasteiger partial charge in [-0.3, -0.25) is 4.79 Å². The lowest BCUT2D eigenvalue weighted by molar-refractivity contribution is -0.138. The highest BCUT2D eigenvalue weighted by Gasteiger charge is 2.35. The van der Waals surface area contributed by atoms with Gasteiger partial charge in [0.05, 0.1) is 11.3 Å². The van der Waals surface area contributed by atoms with Gasteiger partial charge in [0.2, 0.25) is 5.95 Å².